The molecule has 0 aromatic heterocycles. The Kier molecular flexibility index (Phi) is 4.70. The lowest BCUT2D eigenvalue weighted by atomic mass is 10.0. The summed E-state index contributed by atoms with van der Waals surface area (Å²) in [5, 5.41) is 0.633. The second kappa shape index (κ2) is 5.57. The zero-order valence-electron chi connectivity index (χ0n) is 8.06. The van der Waals surface area contributed by atoms with E-state index in [9.17, 15) is 4.39 Å². The van der Waals surface area contributed by atoms with Gasteiger partial charge < -0.3 is 0 Å². The maximum Gasteiger partial charge on any atom is 0.123 e. The molecule has 0 N–H and O–H groups in total. The van der Waals surface area contributed by atoms with E-state index >= 15 is 0 Å². The second-order valence-electron chi connectivity index (χ2n) is 3.53. The highest BCUT2D eigenvalue weighted by Crippen LogP contribution is 2.20. The number of halogens is 3. The topological polar surface area (TPSA) is 0 Å². The molecule has 0 aliphatic rings. The molecule has 1 atom stereocenters. The SMILES string of the molecule is CC(CCl)CCc1cc(F)ccc1Cl. The van der Waals surface area contributed by atoms with E-state index in [1.807, 2.05) is 0 Å². The summed E-state index contributed by atoms with van der Waals surface area (Å²) >= 11 is 11.6. The molecule has 0 aliphatic carbocycles. The van der Waals surface area contributed by atoms with E-state index < -0.39 is 0 Å². The lowest BCUT2D eigenvalue weighted by Crippen LogP contribution is -1.99. The van der Waals surface area contributed by atoms with Crippen molar-refractivity contribution in [3.63, 3.8) is 0 Å². The molecule has 14 heavy (non-hydrogen) atoms. The number of alkyl halides is 1. The molecule has 1 aromatic rings. The van der Waals surface area contributed by atoms with Crippen molar-refractivity contribution >= 4 is 23.2 Å². The van der Waals surface area contributed by atoms with Gasteiger partial charge in [0, 0.05) is 10.9 Å². The number of rotatable bonds is 4. The van der Waals surface area contributed by atoms with E-state index in [2.05, 4.69) is 6.92 Å². The normalized spacial score (nSPS) is 12.9. The van der Waals surface area contributed by atoms with Gasteiger partial charge in [-0.25, -0.2) is 4.39 Å². The second-order valence-corrected chi connectivity index (χ2v) is 4.25. The van der Waals surface area contributed by atoms with E-state index in [0.717, 1.165) is 18.4 Å². The van der Waals surface area contributed by atoms with Crippen LogP contribution in [0.1, 0.15) is 18.9 Å². The van der Waals surface area contributed by atoms with Crippen LogP contribution in [0.5, 0.6) is 0 Å². The largest absolute Gasteiger partial charge is 0.207 e. The maximum absolute atomic E-state index is 12.9. The number of hydrogen-bond donors (Lipinski definition) is 0. The Morgan fingerprint density at radius 2 is 2.14 bits per heavy atom. The summed E-state index contributed by atoms with van der Waals surface area (Å²) in [6, 6.07) is 4.46. The molecule has 1 rings (SSSR count). The molecule has 0 saturated carbocycles. The van der Waals surface area contributed by atoms with Crippen LogP contribution in [0.25, 0.3) is 0 Å². The first kappa shape index (κ1) is 11.8. The first-order chi connectivity index (χ1) is 6.63. The fourth-order valence-corrected chi connectivity index (χ4v) is 1.58. The summed E-state index contributed by atoms with van der Waals surface area (Å²) in [5.41, 5.74) is 0.864. The van der Waals surface area contributed by atoms with Gasteiger partial charge in [0.05, 0.1) is 0 Å². The van der Waals surface area contributed by atoms with Gasteiger partial charge in [-0.05, 0) is 42.5 Å². The minimum atomic E-state index is -0.233. The quantitative estimate of drug-likeness (QED) is 0.683. The first-order valence-corrected chi connectivity index (χ1v) is 5.54. The molecule has 0 spiro atoms. The Bertz CT molecular complexity index is 299. The highest BCUT2D eigenvalue weighted by molar-refractivity contribution is 6.31. The molecular formula is C11H13Cl2F. The Morgan fingerprint density at radius 3 is 2.79 bits per heavy atom. The zero-order chi connectivity index (χ0) is 10.6. The molecule has 0 amide bonds. The predicted molar refractivity (Wildman–Crippen MR) is 59.6 cm³/mol. The van der Waals surface area contributed by atoms with Crippen molar-refractivity contribution in [3.8, 4) is 0 Å². The monoisotopic (exact) mass is 234 g/mol. The van der Waals surface area contributed by atoms with Gasteiger partial charge in [-0.2, -0.15) is 0 Å². The summed E-state index contributed by atoms with van der Waals surface area (Å²) in [4.78, 5) is 0. The summed E-state index contributed by atoms with van der Waals surface area (Å²) in [6.07, 6.45) is 1.72. The van der Waals surface area contributed by atoms with Crippen LogP contribution in [-0.2, 0) is 6.42 Å². The van der Waals surface area contributed by atoms with Gasteiger partial charge >= 0.3 is 0 Å². The molecule has 3 heteroatoms. The van der Waals surface area contributed by atoms with Crippen LogP contribution in [0.2, 0.25) is 5.02 Å². The van der Waals surface area contributed by atoms with Gasteiger partial charge in [-0.1, -0.05) is 18.5 Å². The van der Waals surface area contributed by atoms with Crippen molar-refractivity contribution in [3.05, 3.63) is 34.6 Å². The maximum atomic E-state index is 12.9. The summed E-state index contributed by atoms with van der Waals surface area (Å²) in [7, 11) is 0. The summed E-state index contributed by atoms with van der Waals surface area (Å²) in [6.45, 7) is 2.07. The molecule has 1 unspecified atom stereocenters. The number of benzene rings is 1. The van der Waals surface area contributed by atoms with Gasteiger partial charge in [0.15, 0.2) is 0 Å². The standard InChI is InChI=1S/C11H13Cl2F/c1-8(7-12)2-3-9-6-10(14)4-5-11(9)13/h4-6,8H,2-3,7H2,1H3. The molecule has 0 aliphatic heterocycles. The third-order valence-electron chi connectivity index (χ3n) is 2.18. The first-order valence-electron chi connectivity index (χ1n) is 4.63. The van der Waals surface area contributed by atoms with Crippen LogP contribution in [0, 0.1) is 11.7 Å². The lowest BCUT2D eigenvalue weighted by molar-refractivity contribution is 0.587. The van der Waals surface area contributed by atoms with Crippen LogP contribution in [0.4, 0.5) is 4.39 Å². The highest BCUT2D eigenvalue weighted by Gasteiger charge is 2.05. The van der Waals surface area contributed by atoms with Crippen molar-refractivity contribution in [2.24, 2.45) is 5.92 Å². The lowest BCUT2D eigenvalue weighted by Gasteiger charge is -2.08. The van der Waals surface area contributed by atoms with Crippen molar-refractivity contribution in [1.82, 2.24) is 0 Å². The van der Waals surface area contributed by atoms with Crippen LogP contribution < -0.4 is 0 Å². The van der Waals surface area contributed by atoms with E-state index in [4.69, 9.17) is 23.2 Å². The van der Waals surface area contributed by atoms with Crippen molar-refractivity contribution in [2.75, 3.05) is 5.88 Å². The minimum Gasteiger partial charge on any atom is -0.207 e. The van der Waals surface area contributed by atoms with Crippen molar-refractivity contribution in [1.29, 1.82) is 0 Å². The average molecular weight is 235 g/mol. The van der Waals surface area contributed by atoms with Gasteiger partial charge in [0.25, 0.3) is 0 Å². The number of aryl methyl sites for hydroxylation is 1. The Balaban J connectivity index is 2.62. The van der Waals surface area contributed by atoms with Crippen LogP contribution in [0.15, 0.2) is 18.2 Å². The third-order valence-corrected chi connectivity index (χ3v) is 3.07. The van der Waals surface area contributed by atoms with Gasteiger partial charge in [0.1, 0.15) is 5.82 Å². The van der Waals surface area contributed by atoms with Gasteiger partial charge in [-0.15, -0.1) is 11.6 Å². The van der Waals surface area contributed by atoms with Crippen LogP contribution >= 0.6 is 23.2 Å². The molecule has 0 fully saturated rings. The van der Waals surface area contributed by atoms with Gasteiger partial charge in [-0.3, -0.25) is 0 Å². The average Bonchev–Trinajstić information content (AvgIpc) is 2.19. The fraction of sp³-hybridized carbons (Fsp3) is 0.455. The van der Waals surface area contributed by atoms with Crippen molar-refractivity contribution < 1.29 is 4.39 Å². The van der Waals surface area contributed by atoms with E-state index in [-0.39, 0.29) is 5.82 Å². The molecule has 0 nitrogen and oxygen atoms in total. The van der Waals surface area contributed by atoms with Crippen molar-refractivity contribution in [2.45, 2.75) is 19.8 Å². The third kappa shape index (κ3) is 3.47. The molecule has 1 aromatic carbocycles. The highest BCUT2D eigenvalue weighted by atomic mass is 35.5. The summed E-state index contributed by atoms with van der Waals surface area (Å²) < 4.78 is 12.9. The minimum absolute atomic E-state index is 0.233. The van der Waals surface area contributed by atoms with E-state index in [0.29, 0.717) is 16.8 Å². The van der Waals surface area contributed by atoms with Crippen LogP contribution in [0.3, 0.4) is 0 Å². The van der Waals surface area contributed by atoms with Gasteiger partial charge in [0.2, 0.25) is 0 Å². The predicted octanol–water partition coefficient (Wildman–Crippen LogP) is 4.29. The molecule has 0 saturated heterocycles. The molecule has 0 radical (unpaired) electrons. The smallest absolute Gasteiger partial charge is 0.123 e. The Morgan fingerprint density at radius 1 is 1.43 bits per heavy atom. The van der Waals surface area contributed by atoms with E-state index in [1.54, 1.807) is 6.07 Å². The number of hydrogen-bond acceptors (Lipinski definition) is 0. The summed E-state index contributed by atoms with van der Waals surface area (Å²) in [5.74, 6) is 0.839. The fourth-order valence-electron chi connectivity index (χ4n) is 1.21. The molecule has 0 heterocycles. The van der Waals surface area contributed by atoms with Crippen LogP contribution in [-0.4, -0.2) is 5.88 Å². The molecule has 0 bridgehead atoms. The van der Waals surface area contributed by atoms with E-state index in [1.165, 1.54) is 12.1 Å². The Hall–Kier alpha value is -0.270. The zero-order valence-corrected chi connectivity index (χ0v) is 9.58. The molecule has 78 valence electrons. The Labute approximate surface area is 94.0 Å². The molecular weight excluding hydrogens is 222 g/mol.